The van der Waals surface area contributed by atoms with Crippen LogP contribution in [0.1, 0.15) is 25.3 Å². The summed E-state index contributed by atoms with van der Waals surface area (Å²) in [4.78, 5) is 2.23. The third kappa shape index (κ3) is 2.99. The highest BCUT2D eigenvalue weighted by molar-refractivity contribution is 5.31. The molecular formula is C14H19F2NO. The number of benzene rings is 1. The zero-order chi connectivity index (χ0) is 13.1. The molecule has 1 aromatic carbocycles. The van der Waals surface area contributed by atoms with Gasteiger partial charge in [-0.25, -0.2) is 8.78 Å². The van der Waals surface area contributed by atoms with Crippen LogP contribution in [0.5, 0.6) is 5.75 Å². The van der Waals surface area contributed by atoms with Gasteiger partial charge in [0.2, 0.25) is 0 Å². The third-order valence-electron chi connectivity index (χ3n) is 3.18. The Bertz CT molecular complexity index is 393. The number of ether oxygens (including phenoxy) is 1. The molecule has 0 unspecified atom stereocenters. The van der Waals surface area contributed by atoms with Crippen molar-refractivity contribution in [1.29, 1.82) is 0 Å². The smallest absolute Gasteiger partial charge is 0.191 e. The van der Waals surface area contributed by atoms with Crippen LogP contribution in [0, 0.1) is 18.6 Å². The normalized spacial score (nSPS) is 16.7. The third-order valence-corrected chi connectivity index (χ3v) is 3.18. The minimum absolute atomic E-state index is 0.0893. The maximum absolute atomic E-state index is 13.6. The summed E-state index contributed by atoms with van der Waals surface area (Å²) in [7, 11) is 0. The summed E-state index contributed by atoms with van der Waals surface area (Å²) in [6.45, 7) is 6.35. The van der Waals surface area contributed by atoms with E-state index >= 15 is 0 Å². The Kier molecular flexibility index (Phi) is 4.17. The average molecular weight is 255 g/mol. The molecule has 100 valence electrons. The molecule has 1 aromatic rings. The van der Waals surface area contributed by atoms with Gasteiger partial charge in [0.1, 0.15) is 6.10 Å². The molecule has 0 aromatic heterocycles. The minimum Gasteiger partial charge on any atom is -0.482 e. The standard InChI is InChI=1S/C14H19F2NO/c1-3-4-5-17-8-11(9-17)18-14-12(15)6-10(2)7-13(14)16/h6-7,11H,3-5,8-9H2,1-2H3. The number of hydrogen-bond donors (Lipinski definition) is 0. The maximum Gasteiger partial charge on any atom is 0.191 e. The van der Waals surface area contributed by atoms with Crippen LogP contribution >= 0.6 is 0 Å². The van der Waals surface area contributed by atoms with E-state index in [4.69, 9.17) is 4.74 Å². The summed E-state index contributed by atoms with van der Waals surface area (Å²) in [5.41, 5.74) is 0.565. The molecular weight excluding hydrogens is 236 g/mol. The number of rotatable bonds is 5. The lowest BCUT2D eigenvalue weighted by Gasteiger charge is -2.39. The Morgan fingerprint density at radius 2 is 1.89 bits per heavy atom. The van der Waals surface area contributed by atoms with Gasteiger partial charge in [-0.15, -0.1) is 0 Å². The Balaban J connectivity index is 1.89. The Hall–Kier alpha value is -1.16. The quantitative estimate of drug-likeness (QED) is 0.801. The van der Waals surface area contributed by atoms with Crippen molar-refractivity contribution in [3.8, 4) is 5.75 Å². The van der Waals surface area contributed by atoms with Crippen molar-refractivity contribution in [2.24, 2.45) is 0 Å². The lowest BCUT2D eigenvalue weighted by Crippen LogP contribution is -2.54. The maximum atomic E-state index is 13.6. The summed E-state index contributed by atoms with van der Waals surface area (Å²) in [5.74, 6) is -1.46. The first-order valence-corrected chi connectivity index (χ1v) is 6.44. The number of likely N-dealkylation sites (tertiary alicyclic amines) is 1. The fraction of sp³-hybridized carbons (Fsp3) is 0.571. The number of unbranched alkanes of at least 4 members (excludes halogenated alkanes) is 1. The SMILES string of the molecule is CCCCN1CC(Oc2c(F)cc(C)cc2F)C1. The van der Waals surface area contributed by atoms with Crippen molar-refractivity contribution >= 4 is 0 Å². The molecule has 18 heavy (non-hydrogen) atoms. The van der Waals surface area contributed by atoms with Gasteiger partial charge in [-0.1, -0.05) is 13.3 Å². The lowest BCUT2D eigenvalue weighted by atomic mass is 10.1. The van der Waals surface area contributed by atoms with Crippen LogP contribution in [0.4, 0.5) is 8.78 Å². The molecule has 2 nitrogen and oxygen atoms in total. The molecule has 1 aliphatic heterocycles. The van der Waals surface area contributed by atoms with E-state index in [1.165, 1.54) is 12.1 Å². The summed E-state index contributed by atoms with van der Waals surface area (Å²) >= 11 is 0. The summed E-state index contributed by atoms with van der Waals surface area (Å²) < 4.78 is 32.5. The van der Waals surface area contributed by atoms with Gasteiger partial charge >= 0.3 is 0 Å². The van der Waals surface area contributed by atoms with Crippen molar-refractivity contribution in [2.75, 3.05) is 19.6 Å². The Morgan fingerprint density at radius 3 is 2.44 bits per heavy atom. The highest BCUT2D eigenvalue weighted by atomic mass is 19.1. The van der Waals surface area contributed by atoms with Crippen LogP contribution < -0.4 is 4.74 Å². The van der Waals surface area contributed by atoms with Crippen molar-refractivity contribution in [1.82, 2.24) is 4.90 Å². The fourth-order valence-corrected chi connectivity index (χ4v) is 2.13. The van der Waals surface area contributed by atoms with Gasteiger partial charge in [0.25, 0.3) is 0 Å². The van der Waals surface area contributed by atoms with Crippen LogP contribution in [-0.4, -0.2) is 30.6 Å². The van der Waals surface area contributed by atoms with Gasteiger partial charge in [-0.3, -0.25) is 4.90 Å². The van der Waals surface area contributed by atoms with Gasteiger partial charge in [0.15, 0.2) is 17.4 Å². The highest BCUT2D eigenvalue weighted by Gasteiger charge is 2.29. The molecule has 0 amide bonds. The zero-order valence-electron chi connectivity index (χ0n) is 10.9. The van der Waals surface area contributed by atoms with Crippen molar-refractivity contribution < 1.29 is 13.5 Å². The van der Waals surface area contributed by atoms with Crippen LogP contribution in [0.25, 0.3) is 0 Å². The molecule has 1 heterocycles. The van der Waals surface area contributed by atoms with E-state index in [0.29, 0.717) is 5.56 Å². The molecule has 0 saturated carbocycles. The van der Waals surface area contributed by atoms with Gasteiger partial charge < -0.3 is 4.74 Å². The lowest BCUT2D eigenvalue weighted by molar-refractivity contribution is 0.0145. The molecule has 0 bridgehead atoms. The van der Waals surface area contributed by atoms with E-state index in [-0.39, 0.29) is 11.9 Å². The summed E-state index contributed by atoms with van der Waals surface area (Å²) in [5, 5.41) is 0. The van der Waals surface area contributed by atoms with Gasteiger partial charge in [0.05, 0.1) is 0 Å². The molecule has 0 N–H and O–H groups in total. The number of nitrogens with zero attached hydrogens (tertiary/aromatic N) is 1. The second-order valence-electron chi connectivity index (χ2n) is 4.91. The van der Waals surface area contributed by atoms with Gasteiger partial charge in [-0.2, -0.15) is 0 Å². The van der Waals surface area contributed by atoms with Crippen molar-refractivity contribution in [3.05, 3.63) is 29.3 Å². The van der Waals surface area contributed by atoms with E-state index in [1.54, 1.807) is 6.92 Å². The first-order valence-electron chi connectivity index (χ1n) is 6.44. The second-order valence-corrected chi connectivity index (χ2v) is 4.91. The molecule has 0 radical (unpaired) electrons. The molecule has 0 aliphatic carbocycles. The van der Waals surface area contributed by atoms with Gasteiger partial charge in [0, 0.05) is 13.1 Å². The van der Waals surface area contributed by atoms with Crippen LogP contribution in [0.15, 0.2) is 12.1 Å². The zero-order valence-corrected chi connectivity index (χ0v) is 10.9. The highest BCUT2D eigenvalue weighted by Crippen LogP contribution is 2.26. The van der Waals surface area contributed by atoms with E-state index in [9.17, 15) is 8.78 Å². The predicted octanol–water partition coefficient (Wildman–Crippen LogP) is 3.14. The molecule has 1 saturated heterocycles. The Morgan fingerprint density at radius 1 is 1.28 bits per heavy atom. The van der Waals surface area contributed by atoms with E-state index < -0.39 is 11.6 Å². The molecule has 1 fully saturated rings. The van der Waals surface area contributed by atoms with E-state index in [1.807, 2.05) is 0 Å². The number of aryl methyl sites for hydroxylation is 1. The fourth-order valence-electron chi connectivity index (χ4n) is 2.13. The van der Waals surface area contributed by atoms with E-state index in [2.05, 4.69) is 11.8 Å². The number of halogens is 2. The topological polar surface area (TPSA) is 12.5 Å². The first-order chi connectivity index (χ1) is 8.60. The molecule has 1 aliphatic rings. The van der Waals surface area contributed by atoms with Gasteiger partial charge in [-0.05, 0) is 37.6 Å². The van der Waals surface area contributed by atoms with Crippen LogP contribution in [0.3, 0.4) is 0 Å². The molecule has 0 atom stereocenters. The molecule has 2 rings (SSSR count). The first kappa shape index (κ1) is 13.3. The Labute approximate surface area is 107 Å². The second kappa shape index (κ2) is 5.65. The minimum atomic E-state index is -0.612. The van der Waals surface area contributed by atoms with Crippen molar-refractivity contribution in [3.63, 3.8) is 0 Å². The largest absolute Gasteiger partial charge is 0.482 e. The summed E-state index contributed by atoms with van der Waals surface area (Å²) in [6, 6.07) is 2.60. The average Bonchev–Trinajstić information content (AvgIpc) is 2.24. The predicted molar refractivity (Wildman–Crippen MR) is 66.9 cm³/mol. The van der Waals surface area contributed by atoms with Crippen molar-refractivity contribution in [2.45, 2.75) is 32.8 Å². The monoisotopic (exact) mass is 255 g/mol. The van der Waals surface area contributed by atoms with Crippen LogP contribution in [0.2, 0.25) is 0 Å². The summed E-state index contributed by atoms with van der Waals surface area (Å²) in [6.07, 6.45) is 2.22. The number of hydrogen-bond acceptors (Lipinski definition) is 2. The molecule has 0 spiro atoms. The molecule has 4 heteroatoms. The van der Waals surface area contributed by atoms with Crippen LogP contribution in [-0.2, 0) is 0 Å². The van der Waals surface area contributed by atoms with E-state index in [0.717, 1.165) is 32.5 Å².